The number of nitrogens with zero attached hydrogens (tertiary/aromatic N) is 1. The Labute approximate surface area is 173 Å². The Bertz CT molecular complexity index is 1100. The van der Waals surface area contributed by atoms with Crippen molar-refractivity contribution in [3.05, 3.63) is 40.8 Å². The summed E-state index contributed by atoms with van der Waals surface area (Å²) in [6.07, 6.45) is 2.05. The normalized spacial score (nSPS) is 25.6. The van der Waals surface area contributed by atoms with E-state index in [0.29, 0.717) is 18.2 Å². The van der Waals surface area contributed by atoms with Crippen molar-refractivity contribution in [3.8, 4) is 5.75 Å². The summed E-state index contributed by atoms with van der Waals surface area (Å²) in [4.78, 5) is 50.4. The van der Waals surface area contributed by atoms with Crippen LogP contribution in [0.3, 0.4) is 0 Å². The SMILES string of the molecule is C[C@@H]1CC(C)(C)C[C@]2(C1)NC(=O)N(CC(=O)Oc1ccc3ccc(=O)oc3c1)C2=O. The quantitative estimate of drug-likeness (QED) is 0.360. The molecule has 4 rings (SSSR count). The summed E-state index contributed by atoms with van der Waals surface area (Å²) in [6, 6.07) is 6.95. The highest BCUT2D eigenvalue weighted by molar-refractivity contribution is 6.09. The number of carbonyl (C=O) groups is 3. The summed E-state index contributed by atoms with van der Waals surface area (Å²) in [7, 11) is 0. The monoisotopic (exact) mass is 412 g/mol. The van der Waals surface area contributed by atoms with Crippen LogP contribution < -0.4 is 15.7 Å². The first kappa shape index (κ1) is 20.1. The smallest absolute Gasteiger partial charge is 0.336 e. The molecule has 1 spiro atoms. The van der Waals surface area contributed by atoms with Crippen molar-refractivity contribution in [2.45, 2.75) is 45.6 Å². The number of rotatable bonds is 3. The molecule has 8 heteroatoms. The van der Waals surface area contributed by atoms with Crippen molar-refractivity contribution >= 4 is 28.9 Å². The average molecular weight is 412 g/mol. The molecule has 1 N–H and O–H groups in total. The average Bonchev–Trinajstić information content (AvgIpc) is 2.83. The molecule has 2 atom stereocenters. The first-order valence-corrected chi connectivity index (χ1v) is 9.96. The molecule has 2 aliphatic rings. The van der Waals surface area contributed by atoms with Crippen molar-refractivity contribution < 1.29 is 23.5 Å². The van der Waals surface area contributed by atoms with Gasteiger partial charge >= 0.3 is 17.6 Å². The fourth-order valence-corrected chi connectivity index (χ4v) is 5.05. The van der Waals surface area contributed by atoms with Gasteiger partial charge in [-0.15, -0.1) is 0 Å². The van der Waals surface area contributed by atoms with E-state index in [4.69, 9.17) is 9.15 Å². The van der Waals surface area contributed by atoms with E-state index < -0.39 is 29.7 Å². The van der Waals surface area contributed by atoms with Crippen LogP contribution in [0, 0.1) is 11.3 Å². The van der Waals surface area contributed by atoms with Crippen molar-refractivity contribution in [2.75, 3.05) is 6.54 Å². The van der Waals surface area contributed by atoms with Crippen LogP contribution in [-0.4, -0.2) is 34.9 Å². The van der Waals surface area contributed by atoms with Gasteiger partial charge in [-0.25, -0.2) is 14.4 Å². The Morgan fingerprint density at radius 1 is 1.20 bits per heavy atom. The molecule has 3 amide bonds. The van der Waals surface area contributed by atoms with Gasteiger partial charge in [0.05, 0.1) is 0 Å². The van der Waals surface area contributed by atoms with E-state index in [1.807, 2.05) is 0 Å². The fraction of sp³-hybridized carbons (Fsp3) is 0.455. The molecular formula is C22H24N2O6. The van der Waals surface area contributed by atoms with Gasteiger partial charge in [0.25, 0.3) is 5.91 Å². The zero-order chi connectivity index (χ0) is 21.7. The number of fused-ring (bicyclic) bond motifs is 1. The van der Waals surface area contributed by atoms with Crippen LogP contribution in [0.15, 0.2) is 39.5 Å². The highest BCUT2D eigenvalue weighted by Gasteiger charge is 2.56. The number of esters is 1. The van der Waals surface area contributed by atoms with Gasteiger partial charge in [-0.05, 0) is 48.8 Å². The predicted octanol–water partition coefficient (Wildman–Crippen LogP) is 2.84. The van der Waals surface area contributed by atoms with Gasteiger partial charge in [-0.1, -0.05) is 20.8 Å². The number of benzene rings is 1. The van der Waals surface area contributed by atoms with Crippen LogP contribution >= 0.6 is 0 Å². The van der Waals surface area contributed by atoms with E-state index in [2.05, 4.69) is 26.1 Å². The first-order chi connectivity index (χ1) is 14.1. The topological polar surface area (TPSA) is 106 Å². The van der Waals surface area contributed by atoms with Crippen LogP contribution in [0.2, 0.25) is 0 Å². The number of hydrogen-bond acceptors (Lipinski definition) is 6. The second kappa shape index (κ2) is 6.97. The lowest BCUT2D eigenvalue weighted by atomic mass is 9.64. The standard InChI is InChI=1S/C22H24N2O6/c1-13-9-21(2,3)12-22(10-13)19(27)24(20(28)23-22)11-18(26)29-15-6-4-14-5-7-17(25)30-16(14)8-15/h4-8,13H,9-12H2,1-3H3,(H,23,28)/t13-,22+/m1/s1. The van der Waals surface area contributed by atoms with Crippen LogP contribution in [0.25, 0.3) is 11.0 Å². The molecule has 30 heavy (non-hydrogen) atoms. The lowest BCUT2D eigenvalue weighted by molar-refractivity contribution is -0.142. The van der Waals surface area contributed by atoms with Crippen LogP contribution in [0.4, 0.5) is 4.79 Å². The fourth-order valence-electron chi connectivity index (χ4n) is 5.05. The van der Waals surface area contributed by atoms with Gasteiger partial charge in [-0.2, -0.15) is 0 Å². The van der Waals surface area contributed by atoms with Gasteiger partial charge in [-0.3, -0.25) is 9.69 Å². The Kier molecular flexibility index (Phi) is 4.67. The summed E-state index contributed by atoms with van der Waals surface area (Å²) in [5, 5.41) is 3.51. The third kappa shape index (κ3) is 3.69. The summed E-state index contributed by atoms with van der Waals surface area (Å²) in [6.45, 7) is 5.74. The number of ether oxygens (including phenoxy) is 1. The maximum absolute atomic E-state index is 13.1. The number of imide groups is 1. The lowest BCUT2D eigenvalue weighted by Gasteiger charge is -2.43. The van der Waals surface area contributed by atoms with Gasteiger partial charge < -0.3 is 14.5 Å². The number of hydrogen-bond donors (Lipinski definition) is 1. The summed E-state index contributed by atoms with van der Waals surface area (Å²) in [5.41, 5.74) is -1.29. The van der Waals surface area contributed by atoms with Gasteiger partial charge in [0.1, 0.15) is 23.4 Å². The number of carbonyl (C=O) groups excluding carboxylic acids is 3. The Morgan fingerprint density at radius 2 is 1.93 bits per heavy atom. The highest BCUT2D eigenvalue weighted by Crippen LogP contribution is 2.46. The first-order valence-electron chi connectivity index (χ1n) is 9.96. The number of amides is 3. The lowest BCUT2D eigenvalue weighted by Crippen LogP contribution is -2.54. The zero-order valence-electron chi connectivity index (χ0n) is 17.2. The second-order valence-corrected chi connectivity index (χ2v) is 9.19. The molecule has 1 saturated carbocycles. The molecule has 158 valence electrons. The molecule has 1 aliphatic carbocycles. The van der Waals surface area contributed by atoms with E-state index in [1.165, 1.54) is 12.1 Å². The van der Waals surface area contributed by atoms with E-state index >= 15 is 0 Å². The molecule has 0 radical (unpaired) electrons. The molecule has 0 bridgehead atoms. The Hall–Kier alpha value is -3.16. The minimum atomic E-state index is -0.967. The molecule has 2 fully saturated rings. The number of nitrogens with one attached hydrogen (secondary N) is 1. The Balaban J connectivity index is 1.49. The van der Waals surface area contributed by atoms with Crippen LogP contribution in [0.1, 0.15) is 40.0 Å². The second-order valence-electron chi connectivity index (χ2n) is 9.19. The van der Waals surface area contributed by atoms with E-state index in [0.717, 1.165) is 11.3 Å². The van der Waals surface area contributed by atoms with Gasteiger partial charge in [0.2, 0.25) is 0 Å². The summed E-state index contributed by atoms with van der Waals surface area (Å²) >= 11 is 0. The maximum atomic E-state index is 13.1. The highest BCUT2D eigenvalue weighted by atomic mass is 16.5. The molecular weight excluding hydrogens is 388 g/mol. The molecule has 8 nitrogen and oxygen atoms in total. The predicted molar refractivity (Wildman–Crippen MR) is 108 cm³/mol. The number of urea groups is 1. The third-order valence-electron chi connectivity index (χ3n) is 5.74. The minimum absolute atomic E-state index is 0.0911. The zero-order valence-corrected chi connectivity index (χ0v) is 17.2. The Morgan fingerprint density at radius 3 is 2.67 bits per heavy atom. The largest absolute Gasteiger partial charge is 0.425 e. The molecule has 1 saturated heterocycles. The molecule has 2 aromatic rings. The van der Waals surface area contributed by atoms with Crippen LogP contribution in [-0.2, 0) is 9.59 Å². The summed E-state index contributed by atoms with van der Waals surface area (Å²) < 4.78 is 10.4. The van der Waals surface area contributed by atoms with Gasteiger partial charge in [0, 0.05) is 17.5 Å². The molecule has 1 aromatic heterocycles. The van der Waals surface area contributed by atoms with Crippen molar-refractivity contribution in [1.82, 2.24) is 10.2 Å². The van der Waals surface area contributed by atoms with Crippen molar-refractivity contribution in [3.63, 3.8) is 0 Å². The van der Waals surface area contributed by atoms with Gasteiger partial charge in [0.15, 0.2) is 0 Å². The molecule has 1 aromatic carbocycles. The van der Waals surface area contributed by atoms with Crippen LogP contribution in [0.5, 0.6) is 5.75 Å². The van der Waals surface area contributed by atoms with E-state index in [-0.39, 0.29) is 28.6 Å². The van der Waals surface area contributed by atoms with E-state index in [9.17, 15) is 19.2 Å². The third-order valence-corrected chi connectivity index (χ3v) is 5.74. The molecule has 2 heterocycles. The van der Waals surface area contributed by atoms with Crippen molar-refractivity contribution in [1.29, 1.82) is 0 Å². The summed E-state index contributed by atoms with van der Waals surface area (Å²) in [5.74, 6) is -0.696. The van der Waals surface area contributed by atoms with E-state index in [1.54, 1.807) is 18.2 Å². The van der Waals surface area contributed by atoms with Crippen molar-refractivity contribution in [2.24, 2.45) is 11.3 Å². The molecule has 1 aliphatic heterocycles. The minimum Gasteiger partial charge on any atom is -0.425 e. The maximum Gasteiger partial charge on any atom is 0.336 e. The molecule has 0 unspecified atom stereocenters.